The van der Waals surface area contributed by atoms with Crippen LogP contribution in [0, 0.1) is 18.4 Å². The number of allylic oxidation sites excluding steroid dienone is 4. The summed E-state index contributed by atoms with van der Waals surface area (Å²) in [6, 6.07) is 6.91. The van der Waals surface area contributed by atoms with Crippen molar-refractivity contribution in [3.05, 3.63) is 52.1 Å². The summed E-state index contributed by atoms with van der Waals surface area (Å²) in [4.78, 5) is 0. The van der Waals surface area contributed by atoms with Crippen molar-refractivity contribution in [3.8, 4) is 0 Å². The Bertz CT molecular complexity index is 573. The third-order valence-electron chi connectivity index (χ3n) is 5.57. The summed E-state index contributed by atoms with van der Waals surface area (Å²) in [6.07, 6.45) is 10.6. The SMILES string of the molecule is CC1=[C-]C(C)(C)C(C)=C1C.C[c-]1ccc(C2CCCCC2)c1.[Cl-].[Cl-].[Zr+4]. The molecule has 0 nitrogen and oxygen atoms in total. The average Bonchev–Trinajstić information content (AvgIpc) is 2.99. The van der Waals surface area contributed by atoms with Crippen LogP contribution in [-0.4, -0.2) is 0 Å². The van der Waals surface area contributed by atoms with Gasteiger partial charge in [-0.1, -0.05) is 78.1 Å². The second-order valence-electron chi connectivity index (χ2n) is 7.68. The zero-order chi connectivity index (χ0) is 16.3. The zero-order valence-corrected chi connectivity index (χ0v) is 20.6. The minimum Gasteiger partial charge on any atom is -1.00 e. The van der Waals surface area contributed by atoms with Crippen LogP contribution in [0.25, 0.3) is 0 Å². The maximum absolute atomic E-state index is 3.44. The molecule has 0 heterocycles. The van der Waals surface area contributed by atoms with Crippen LogP contribution in [-0.2, 0) is 26.2 Å². The third-order valence-corrected chi connectivity index (χ3v) is 5.57. The maximum Gasteiger partial charge on any atom is 4.00 e. The molecule has 2 aliphatic carbocycles. The van der Waals surface area contributed by atoms with Gasteiger partial charge in [-0.25, -0.2) is 11.6 Å². The standard InChI is InChI=1S/C12H17.C10H15.2ClH.Zr/c1-10-7-8-12(9-10)11-5-3-2-4-6-11;1-7-6-10(4,5)9(3)8(7)2;;;/h7-9,11H,2-6H2,1H3;1-5H3;2*1H;/q2*-1;;;+4/p-2. The first kappa shape index (κ1) is 27.5. The van der Waals surface area contributed by atoms with Gasteiger partial charge >= 0.3 is 26.2 Å². The second kappa shape index (κ2) is 11.9. The molecule has 1 saturated carbocycles. The van der Waals surface area contributed by atoms with E-state index in [9.17, 15) is 0 Å². The Morgan fingerprint density at radius 1 is 1.04 bits per heavy atom. The van der Waals surface area contributed by atoms with E-state index in [0.29, 0.717) is 0 Å². The normalized spacial score (nSPS) is 18.9. The van der Waals surface area contributed by atoms with Crippen LogP contribution in [0.1, 0.15) is 83.8 Å². The molecule has 0 aromatic heterocycles. The van der Waals surface area contributed by atoms with E-state index in [-0.39, 0.29) is 56.4 Å². The van der Waals surface area contributed by atoms with Crippen molar-refractivity contribution in [1.29, 1.82) is 0 Å². The van der Waals surface area contributed by atoms with Gasteiger partial charge in [0.2, 0.25) is 0 Å². The zero-order valence-electron chi connectivity index (χ0n) is 16.6. The molecule has 0 saturated heterocycles. The molecule has 0 unspecified atom stereocenters. The summed E-state index contributed by atoms with van der Waals surface area (Å²) in [6.45, 7) is 13.1. The van der Waals surface area contributed by atoms with Gasteiger partial charge in [-0.3, -0.25) is 6.08 Å². The van der Waals surface area contributed by atoms with Gasteiger partial charge in [0.15, 0.2) is 0 Å². The van der Waals surface area contributed by atoms with Gasteiger partial charge in [-0.2, -0.15) is 34.4 Å². The van der Waals surface area contributed by atoms with Crippen LogP contribution in [0.15, 0.2) is 34.9 Å². The van der Waals surface area contributed by atoms with E-state index in [1.54, 1.807) is 5.56 Å². The Morgan fingerprint density at radius 3 is 1.92 bits per heavy atom. The largest absolute Gasteiger partial charge is 4.00 e. The molecule has 0 atom stereocenters. The average molecular weight is 459 g/mol. The number of hydrogen-bond donors (Lipinski definition) is 0. The summed E-state index contributed by atoms with van der Waals surface area (Å²) < 4.78 is 0. The van der Waals surface area contributed by atoms with Crippen molar-refractivity contribution in [2.75, 3.05) is 0 Å². The number of aryl methyl sites for hydroxylation is 1. The van der Waals surface area contributed by atoms with E-state index < -0.39 is 0 Å². The fraction of sp³-hybridized carbons (Fsp3) is 0.591. The molecular formula is C22H32Cl2Zr. The van der Waals surface area contributed by atoms with Gasteiger partial charge in [-0.05, 0) is 0 Å². The molecule has 0 radical (unpaired) electrons. The summed E-state index contributed by atoms with van der Waals surface area (Å²) in [5.74, 6) is 0.882. The van der Waals surface area contributed by atoms with Crippen LogP contribution in [0.3, 0.4) is 0 Å². The first-order valence-corrected chi connectivity index (χ1v) is 8.84. The van der Waals surface area contributed by atoms with Crippen LogP contribution in [0.5, 0.6) is 0 Å². The van der Waals surface area contributed by atoms with Gasteiger partial charge in [0.05, 0.1) is 0 Å². The fourth-order valence-corrected chi connectivity index (χ4v) is 3.68. The number of hydrogen-bond acceptors (Lipinski definition) is 0. The Balaban J connectivity index is 0. The van der Waals surface area contributed by atoms with Crippen molar-refractivity contribution in [2.24, 2.45) is 5.41 Å². The van der Waals surface area contributed by atoms with E-state index in [1.807, 2.05) is 0 Å². The molecule has 0 spiro atoms. The predicted octanol–water partition coefficient (Wildman–Crippen LogP) is 0.879. The molecule has 1 aromatic rings. The van der Waals surface area contributed by atoms with Crippen molar-refractivity contribution < 1.29 is 51.0 Å². The van der Waals surface area contributed by atoms with E-state index in [1.165, 1.54) is 54.4 Å². The first-order valence-electron chi connectivity index (χ1n) is 8.84. The molecule has 0 amide bonds. The first-order chi connectivity index (χ1) is 10.3. The molecule has 1 aromatic carbocycles. The minimum atomic E-state index is 0. The van der Waals surface area contributed by atoms with Gasteiger partial charge in [0, 0.05) is 0 Å². The maximum atomic E-state index is 3.44. The van der Waals surface area contributed by atoms with Crippen molar-refractivity contribution in [3.63, 3.8) is 0 Å². The van der Waals surface area contributed by atoms with Gasteiger partial charge < -0.3 is 24.8 Å². The quantitative estimate of drug-likeness (QED) is 0.549. The Hall–Kier alpha value is 0.293. The summed E-state index contributed by atoms with van der Waals surface area (Å²) in [5, 5.41) is 0. The van der Waals surface area contributed by atoms with E-state index in [2.05, 4.69) is 65.8 Å². The molecule has 138 valence electrons. The monoisotopic (exact) mass is 456 g/mol. The summed E-state index contributed by atoms with van der Waals surface area (Å²) in [7, 11) is 0. The summed E-state index contributed by atoms with van der Waals surface area (Å²) >= 11 is 0. The van der Waals surface area contributed by atoms with E-state index in [0.717, 1.165) is 5.92 Å². The smallest absolute Gasteiger partial charge is 1.00 e. The van der Waals surface area contributed by atoms with E-state index in [4.69, 9.17) is 0 Å². The Kier molecular flexibility index (Phi) is 13.1. The molecule has 1 fully saturated rings. The van der Waals surface area contributed by atoms with Crippen LogP contribution < -0.4 is 24.8 Å². The Labute approximate surface area is 187 Å². The molecule has 0 N–H and O–H groups in total. The third kappa shape index (κ3) is 7.44. The molecule has 2 aliphatic rings. The van der Waals surface area contributed by atoms with Crippen LogP contribution in [0.2, 0.25) is 0 Å². The van der Waals surface area contributed by atoms with Crippen molar-refractivity contribution in [1.82, 2.24) is 0 Å². The fourth-order valence-electron chi connectivity index (χ4n) is 3.68. The molecule has 0 aliphatic heterocycles. The molecular weight excluding hydrogens is 426 g/mol. The number of rotatable bonds is 1. The predicted molar refractivity (Wildman–Crippen MR) is 97.2 cm³/mol. The molecule has 0 bridgehead atoms. The van der Waals surface area contributed by atoms with Crippen LogP contribution >= 0.6 is 0 Å². The summed E-state index contributed by atoms with van der Waals surface area (Å²) in [5.41, 5.74) is 7.41. The van der Waals surface area contributed by atoms with Crippen molar-refractivity contribution in [2.45, 2.75) is 79.6 Å². The minimum absolute atomic E-state index is 0. The van der Waals surface area contributed by atoms with E-state index >= 15 is 0 Å². The van der Waals surface area contributed by atoms with Gasteiger partial charge in [-0.15, -0.1) is 6.92 Å². The Morgan fingerprint density at radius 2 is 1.60 bits per heavy atom. The van der Waals surface area contributed by atoms with Crippen LogP contribution in [0.4, 0.5) is 0 Å². The second-order valence-corrected chi connectivity index (χ2v) is 7.68. The van der Waals surface area contributed by atoms with Gasteiger partial charge in [0.25, 0.3) is 0 Å². The number of halogens is 2. The molecule has 3 heteroatoms. The topological polar surface area (TPSA) is 0 Å². The molecule has 25 heavy (non-hydrogen) atoms. The molecule has 3 rings (SSSR count). The van der Waals surface area contributed by atoms with Crippen molar-refractivity contribution >= 4 is 0 Å². The van der Waals surface area contributed by atoms with Gasteiger partial charge in [0.1, 0.15) is 0 Å².